The van der Waals surface area contributed by atoms with Crippen LogP contribution < -0.4 is 11.1 Å². The van der Waals surface area contributed by atoms with Crippen LogP contribution in [-0.4, -0.2) is 17.5 Å². The Bertz CT molecular complexity index is 459. The molecule has 0 unspecified atom stereocenters. The fourth-order valence-corrected chi connectivity index (χ4v) is 2.58. The number of halogens is 2. The van der Waals surface area contributed by atoms with Crippen LogP contribution in [0.15, 0.2) is 33.7 Å². The summed E-state index contributed by atoms with van der Waals surface area (Å²) in [6, 6.07) is 8.93. The molecule has 2 rings (SSSR count). The Morgan fingerprint density at radius 3 is 2.30 bits per heavy atom. The van der Waals surface area contributed by atoms with Crippen molar-refractivity contribution in [3.8, 4) is 0 Å². The summed E-state index contributed by atoms with van der Waals surface area (Å²) in [5, 5.41) is 3.20. The van der Waals surface area contributed by atoms with Crippen LogP contribution in [0.5, 0.6) is 0 Å². The third-order valence-corrected chi connectivity index (χ3v) is 3.81. The topological polar surface area (TPSA) is 50.4 Å². The van der Waals surface area contributed by atoms with Crippen molar-refractivity contribution in [3.05, 3.63) is 34.3 Å². The summed E-state index contributed by atoms with van der Waals surface area (Å²) in [5.41, 5.74) is 7.28. The molecule has 1 aromatic rings. The van der Waals surface area contributed by atoms with Crippen molar-refractivity contribution in [3.63, 3.8) is 0 Å². The van der Waals surface area contributed by atoms with Gasteiger partial charge in [0.1, 0.15) is 0 Å². The second-order valence-electron chi connectivity index (χ2n) is 6.26. The van der Waals surface area contributed by atoms with Gasteiger partial charge in [-0.2, -0.15) is 0 Å². The highest BCUT2D eigenvalue weighted by Crippen LogP contribution is 2.39. The number of nitrogens with one attached hydrogen (secondary N) is 1. The third kappa shape index (κ3) is 5.24. The molecule has 0 aromatic heterocycles. The summed E-state index contributed by atoms with van der Waals surface area (Å²) in [6.07, 6.45) is 2.18. The quantitative estimate of drug-likeness (QED) is 0.405. The molecule has 20 heavy (non-hydrogen) atoms. The molecule has 1 aliphatic rings. The van der Waals surface area contributed by atoms with Gasteiger partial charge in [0.05, 0.1) is 6.04 Å². The Morgan fingerprint density at radius 2 is 1.80 bits per heavy atom. The summed E-state index contributed by atoms with van der Waals surface area (Å²) < 4.78 is 1.13. The molecule has 0 bridgehead atoms. The van der Waals surface area contributed by atoms with Gasteiger partial charge in [0.15, 0.2) is 5.96 Å². The minimum atomic E-state index is -0.0254. The molecular formula is C15H23BrIN3. The maximum atomic E-state index is 5.91. The number of hydrogen-bond acceptors (Lipinski definition) is 1. The first-order chi connectivity index (χ1) is 8.83. The molecule has 0 amide bonds. The van der Waals surface area contributed by atoms with Crippen LogP contribution in [0.3, 0.4) is 0 Å². The zero-order chi connectivity index (χ0) is 14.0. The zero-order valence-corrected chi connectivity index (χ0v) is 16.1. The SMILES string of the molecule is CC(C)(C)NC(N)=NC1CC(c2ccc(Br)cc2)C1.I. The lowest BCUT2D eigenvalue weighted by atomic mass is 9.76. The minimum absolute atomic E-state index is 0. The van der Waals surface area contributed by atoms with Gasteiger partial charge in [0.25, 0.3) is 0 Å². The Labute approximate surface area is 147 Å². The standard InChI is InChI=1S/C15H22BrN3.HI/c1-15(2,3)19-14(17)18-13-8-11(9-13)10-4-6-12(16)7-5-10;/h4-7,11,13H,8-9H2,1-3H3,(H3,17,18,19);1H. The molecule has 3 N–H and O–H groups in total. The largest absolute Gasteiger partial charge is 0.370 e. The van der Waals surface area contributed by atoms with Crippen molar-refractivity contribution in [1.82, 2.24) is 5.32 Å². The number of hydrogen-bond donors (Lipinski definition) is 2. The summed E-state index contributed by atoms with van der Waals surface area (Å²) in [5.74, 6) is 1.19. The second-order valence-corrected chi connectivity index (χ2v) is 7.18. The second kappa shape index (κ2) is 7.11. The molecule has 1 fully saturated rings. The summed E-state index contributed by atoms with van der Waals surface area (Å²) in [6.45, 7) is 6.25. The molecule has 0 spiro atoms. The Balaban J connectivity index is 0.00000200. The maximum absolute atomic E-state index is 5.91. The van der Waals surface area contributed by atoms with Gasteiger partial charge >= 0.3 is 0 Å². The highest BCUT2D eigenvalue weighted by atomic mass is 127. The Morgan fingerprint density at radius 1 is 1.25 bits per heavy atom. The fourth-order valence-electron chi connectivity index (χ4n) is 2.31. The van der Waals surface area contributed by atoms with E-state index < -0.39 is 0 Å². The van der Waals surface area contributed by atoms with Crippen molar-refractivity contribution in [2.24, 2.45) is 10.7 Å². The predicted octanol–water partition coefficient (Wildman–Crippen LogP) is 4.02. The first-order valence-electron chi connectivity index (χ1n) is 6.70. The summed E-state index contributed by atoms with van der Waals surface area (Å²) in [4.78, 5) is 4.53. The number of nitrogens with zero attached hydrogens (tertiary/aromatic N) is 1. The number of guanidine groups is 1. The van der Waals surface area contributed by atoms with Gasteiger partial charge in [0.2, 0.25) is 0 Å². The number of rotatable bonds is 2. The molecule has 0 heterocycles. The van der Waals surface area contributed by atoms with Gasteiger partial charge in [-0.15, -0.1) is 24.0 Å². The normalized spacial score (nSPS) is 22.7. The summed E-state index contributed by atoms with van der Waals surface area (Å²) in [7, 11) is 0. The molecule has 1 aliphatic carbocycles. The fraction of sp³-hybridized carbons (Fsp3) is 0.533. The molecule has 3 nitrogen and oxygen atoms in total. The average molecular weight is 452 g/mol. The van der Waals surface area contributed by atoms with E-state index in [4.69, 9.17) is 5.73 Å². The van der Waals surface area contributed by atoms with E-state index in [0.29, 0.717) is 17.9 Å². The molecule has 1 saturated carbocycles. The first-order valence-corrected chi connectivity index (χ1v) is 7.50. The molecule has 0 aliphatic heterocycles. The van der Waals surface area contributed by atoms with E-state index in [1.165, 1.54) is 5.56 Å². The van der Waals surface area contributed by atoms with Gasteiger partial charge in [0, 0.05) is 10.0 Å². The van der Waals surface area contributed by atoms with Crippen molar-refractivity contribution in [1.29, 1.82) is 0 Å². The third-order valence-electron chi connectivity index (χ3n) is 3.28. The van der Waals surface area contributed by atoms with Crippen molar-refractivity contribution >= 4 is 45.9 Å². The van der Waals surface area contributed by atoms with E-state index >= 15 is 0 Å². The molecule has 5 heteroatoms. The van der Waals surface area contributed by atoms with Crippen molar-refractivity contribution in [2.45, 2.75) is 51.1 Å². The molecule has 1 aromatic carbocycles. The molecule has 0 radical (unpaired) electrons. The average Bonchev–Trinajstić information content (AvgIpc) is 2.22. The smallest absolute Gasteiger partial charge is 0.189 e. The molecule has 112 valence electrons. The number of nitrogens with two attached hydrogens (primary N) is 1. The van der Waals surface area contributed by atoms with Gasteiger partial charge in [-0.05, 0) is 57.2 Å². The van der Waals surface area contributed by atoms with Crippen molar-refractivity contribution < 1.29 is 0 Å². The van der Waals surface area contributed by atoms with Gasteiger partial charge < -0.3 is 11.1 Å². The van der Waals surface area contributed by atoms with Gasteiger partial charge in [-0.25, -0.2) is 0 Å². The monoisotopic (exact) mass is 451 g/mol. The van der Waals surface area contributed by atoms with E-state index in [9.17, 15) is 0 Å². The molecule has 0 saturated heterocycles. The number of aliphatic imine (C=N–C) groups is 1. The van der Waals surface area contributed by atoms with Crippen LogP contribution in [0.4, 0.5) is 0 Å². The van der Waals surface area contributed by atoms with Crippen molar-refractivity contribution in [2.75, 3.05) is 0 Å². The van der Waals surface area contributed by atoms with E-state index in [1.807, 2.05) is 0 Å². The highest BCUT2D eigenvalue weighted by Gasteiger charge is 2.30. The lowest BCUT2D eigenvalue weighted by molar-refractivity contribution is 0.351. The minimum Gasteiger partial charge on any atom is -0.370 e. The van der Waals surface area contributed by atoms with E-state index in [0.717, 1.165) is 17.3 Å². The van der Waals surface area contributed by atoms with Gasteiger partial charge in [-0.1, -0.05) is 28.1 Å². The maximum Gasteiger partial charge on any atom is 0.189 e. The van der Waals surface area contributed by atoms with Crippen LogP contribution in [0, 0.1) is 0 Å². The van der Waals surface area contributed by atoms with Crippen LogP contribution >= 0.6 is 39.9 Å². The predicted molar refractivity (Wildman–Crippen MR) is 99.8 cm³/mol. The lowest BCUT2D eigenvalue weighted by Crippen LogP contribution is -2.46. The van der Waals surface area contributed by atoms with Crippen LogP contribution in [0.25, 0.3) is 0 Å². The van der Waals surface area contributed by atoms with E-state index in [2.05, 4.69) is 71.3 Å². The first kappa shape index (κ1) is 17.8. The Kier molecular flexibility index (Phi) is 6.31. The lowest BCUT2D eigenvalue weighted by Gasteiger charge is -2.33. The highest BCUT2D eigenvalue weighted by molar-refractivity contribution is 14.0. The van der Waals surface area contributed by atoms with Crippen LogP contribution in [-0.2, 0) is 0 Å². The Hall–Kier alpha value is -0.300. The summed E-state index contributed by atoms with van der Waals surface area (Å²) >= 11 is 3.46. The van der Waals surface area contributed by atoms with Gasteiger partial charge in [-0.3, -0.25) is 4.99 Å². The van der Waals surface area contributed by atoms with E-state index in [1.54, 1.807) is 0 Å². The zero-order valence-electron chi connectivity index (χ0n) is 12.2. The molecule has 0 atom stereocenters. The van der Waals surface area contributed by atoms with E-state index in [-0.39, 0.29) is 29.5 Å². The van der Waals surface area contributed by atoms with Crippen LogP contribution in [0.1, 0.15) is 45.1 Å². The number of benzene rings is 1. The van der Waals surface area contributed by atoms with Crippen LogP contribution in [0.2, 0.25) is 0 Å². The molecular weight excluding hydrogens is 429 g/mol.